The smallest absolute Gasteiger partial charge is 0.251 e. The van der Waals surface area contributed by atoms with E-state index in [2.05, 4.69) is 15.0 Å². The van der Waals surface area contributed by atoms with Crippen molar-refractivity contribution in [3.63, 3.8) is 0 Å². The molecule has 0 radical (unpaired) electrons. The maximum atomic E-state index is 13.0. The summed E-state index contributed by atoms with van der Waals surface area (Å²) in [6, 6.07) is 0. The van der Waals surface area contributed by atoms with Crippen molar-refractivity contribution < 1.29 is 13.6 Å². The highest BCUT2D eigenvalue weighted by atomic mass is 19.3. The first-order valence-electron chi connectivity index (χ1n) is 6.10. The summed E-state index contributed by atoms with van der Waals surface area (Å²) in [5.74, 6) is -1.92. The number of piperidine rings is 1. The molecule has 1 fully saturated rings. The zero-order valence-electron chi connectivity index (χ0n) is 10.1. The van der Waals surface area contributed by atoms with Gasteiger partial charge in [-0.15, -0.1) is 0 Å². The molecule has 7 heteroatoms. The highest BCUT2D eigenvalue weighted by Crippen LogP contribution is 2.28. The fraction of sp³-hybridized carbons (Fsp3) is 0.500. The van der Waals surface area contributed by atoms with E-state index < -0.39 is 5.92 Å². The molecule has 3 aliphatic rings. The number of hydrogen-bond acceptors (Lipinski definition) is 4. The van der Waals surface area contributed by atoms with Crippen LogP contribution in [0.5, 0.6) is 0 Å². The van der Waals surface area contributed by atoms with E-state index in [1.807, 2.05) is 0 Å². The lowest BCUT2D eigenvalue weighted by molar-refractivity contribution is -0.135. The molecule has 3 aliphatic heterocycles. The number of carbonyl (C=O) groups is 1. The minimum absolute atomic E-state index is 0.0436. The van der Waals surface area contributed by atoms with Crippen LogP contribution in [0.2, 0.25) is 0 Å². The fourth-order valence-corrected chi connectivity index (χ4v) is 2.19. The van der Waals surface area contributed by atoms with Crippen molar-refractivity contribution in [3.8, 4) is 0 Å². The summed E-state index contributed by atoms with van der Waals surface area (Å²) in [7, 11) is 0. The molecule has 0 aromatic heterocycles. The van der Waals surface area contributed by atoms with Crippen LogP contribution in [-0.4, -0.2) is 47.7 Å². The third-order valence-corrected chi connectivity index (χ3v) is 3.30. The molecule has 1 saturated heterocycles. The predicted molar refractivity (Wildman–Crippen MR) is 66.8 cm³/mol. The second-order valence-corrected chi connectivity index (χ2v) is 4.71. The number of likely N-dealkylation sites (tertiary alicyclic amines) is 1. The van der Waals surface area contributed by atoms with Gasteiger partial charge in [0, 0.05) is 32.1 Å². The second-order valence-electron chi connectivity index (χ2n) is 4.71. The number of amides is 1. The van der Waals surface area contributed by atoms with Gasteiger partial charge in [-0.05, 0) is 6.08 Å². The number of amidine groups is 2. The molecule has 3 heterocycles. The molecular formula is C12H12F2N4O. The van der Waals surface area contributed by atoms with Crippen LogP contribution in [-0.2, 0) is 4.79 Å². The van der Waals surface area contributed by atoms with Crippen LogP contribution in [0.4, 0.5) is 8.78 Å². The lowest BCUT2D eigenvalue weighted by Gasteiger charge is -2.31. The van der Waals surface area contributed by atoms with Crippen molar-refractivity contribution in [1.29, 1.82) is 0 Å². The molecular weight excluding hydrogens is 254 g/mol. The standard InChI is InChI=1S/C12H12F2N4O/c13-12(14)2-5-18(6-3-12)10(19)7-9-16-8-1-4-15-11(8)17-9/h1,4H,2-3,5-7H2. The maximum Gasteiger partial charge on any atom is 0.251 e. The van der Waals surface area contributed by atoms with Gasteiger partial charge in [-0.1, -0.05) is 0 Å². The van der Waals surface area contributed by atoms with Gasteiger partial charge in [0.15, 0.2) is 5.84 Å². The van der Waals surface area contributed by atoms with Gasteiger partial charge < -0.3 is 4.90 Å². The molecule has 0 saturated carbocycles. The van der Waals surface area contributed by atoms with Crippen LogP contribution in [0, 0.1) is 0 Å². The predicted octanol–water partition coefficient (Wildman–Crippen LogP) is 1.41. The van der Waals surface area contributed by atoms with Gasteiger partial charge in [-0.2, -0.15) is 0 Å². The van der Waals surface area contributed by atoms with E-state index in [4.69, 9.17) is 0 Å². The van der Waals surface area contributed by atoms with E-state index in [0.29, 0.717) is 17.4 Å². The Morgan fingerprint density at radius 2 is 2.05 bits per heavy atom. The highest BCUT2D eigenvalue weighted by Gasteiger charge is 2.35. The summed E-state index contributed by atoms with van der Waals surface area (Å²) in [5.41, 5.74) is 0.660. The van der Waals surface area contributed by atoms with Gasteiger partial charge in [0.25, 0.3) is 5.92 Å². The van der Waals surface area contributed by atoms with Crippen LogP contribution in [0.1, 0.15) is 19.3 Å². The Morgan fingerprint density at radius 1 is 1.32 bits per heavy atom. The lowest BCUT2D eigenvalue weighted by atomic mass is 10.1. The first kappa shape index (κ1) is 12.1. The molecule has 0 aliphatic carbocycles. The SMILES string of the molecule is O=C(CC1=NC2=CC=NC2=N1)N1CCC(F)(F)CC1. The summed E-state index contributed by atoms with van der Waals surface area (Å²) in [6.07, 6.45) is 2.83. The number of allylic oxidation sites excluding steroid dienone is 1. The number of hydrogen-bond donors (Lipinski definition) is 0. The molecule has 100 valence electrons. The van der Waals surface area contributed by atoms with Crippen molar-refractivity contribution in [3.05, 3.63) is 11.8 Å². The number of carbonyl (C=O) groups excluding carboxylic acids is 1. The summed E-state index contributed by atoms with van der Waals surface area (Å²) in [6.45, 7) is 0.188. The first-order chi connectivity index (χ1) is 9.03. The molecule has 19 heavy (non-hydrogen) atoms. The van der Waals surface area contributed by atoms with E-state index in [1.165, 1.54) is 4.90 Å². The number of rotatable bonds is 2. The largest absolute Gasteiger partial charge is 0.342 e. The summed E-state index contributed by atoms with van der Waals surface area (Å²) in [4.78, 5) is 25.7. The Bertz CT molecular complexity index is 538. The Kier molecular flexibility index (Phi) is 2.76. The molecule has 0 atom stereocenters. The quantitative estimate of drug-likeness (QED) is 0.745. The molecule has 1 amide bonds. The van der Waals surface area contributed by atoms with Crippen molar-refractivity contribution in [2.24, 2.45) is 15.0 Å². The van der Waals surface area contributed by atoms with Gasteiger partial charge in [-0.25, -0.2) is 23.8 Å². The molecule has 0 N–H and O–H groups in total. The van der Waals surface area contributed by atoms with E-state index in [-0.39, 0.29) is 38.3 Å². The van der Waals surface area contributed by atoms with Crippen molar-refractivity contribution in [2.45, 2.75) is 25.2 Å². The van der Waals surface area contributed by atoms with E-state index in [1.54, 1.807) is 12.3 Å². The lowest BCUT2D eigenvalue weighted by Crippen LogP contribution is -2.43. The summed E-state index contributed by atoms with van der Waals surface area (Å²) >= 11 is 0. The molecule has 0 spiro atoms. The monoisotopic (exact) mass is 266 g/mol. The number of aliphatic imine (C=N–C) groups is 3. The molecule has 0 bridgehead atoms. The summed E-state index contributed by atoms with van der Waals surface area (Å²) < 4.78 is 26.0. The van der Waals surface area contributed by atoms with Crippen LogP contribution < -0.4 is 0 Å². The van der Waals surface area contributed by atoms with E-state index >= 15 is 0 Å². The second kappa shape index (κ2) is 4.32. The van der Waals surface area contributed by atoms with Gasteiger partial charge in [-0.3, -0.25) is 4.79 Å². The molecule has 5 nitrogen and oxygen atoms in total. The highest BCUT2D eigenvalue weighted by molar-refractivity contribution is 6.21. The third-order valence-electron chi connectivity index (χ3n) is 3.30. The normalized spacial score (nSPS) is 23.9. The van der Waals surface area contributed by atoms with E-state index in [9.17, 15) is 13.6 Å². The van der Waals surface area contributed by atoms with Crippen molar-refractivity contribution >= 4 is 23.8 Å². The van der Waals surface area contributed by atoms with Crippen molar-refractivity contribution in [2.75, 3.05) is 13.1 Å². The minimum Gasteiger partial charge on any atom is -0.342 e. The number of halogens is 2. The van der Waals surface area contributed by atoms with Crippen LogP contribution in [0.3, 0.4) is 0 Å². The molecule has 3 rings (SSSR count). The van der Waals surface area contributed by atoms with Gasteiger partial charge >= 0.3 is 0 Å². The average molecular weight is 266 g/mol. The molecule has 0 aromatic carbocycles. The topological polar surface area (TPSA) is 57.4 Å². The third kappa shape index (κ3) is 2.45. The molecule has 0 aromatic rings. The van der Waals surface area contributed by atoms with Crippen LogP contribution >= 0.6 is 0 Å². The maximum absolute atomic E-state index is 13.0. The fourth-order valence-electron chi connectivity index (χ4n) is 2.19. The van der Waals surface area contributed by atoms with Crippen LogP contribution in [0.15, 0.2) is 26.8 Å². The van der Waals surface area contributed by atoms with Gasteiger partial charge in [0.1, 0.15) is 11.5 Å². The number of fused-ring (bicyclic) bond motifs is 1. The first-order valence-corrected chi connectivity index (χ1v) is 6.10. The minimum atomic E-state index is -2.64. The Balaban J connectivity index is 1.59. The Morgan fingerprint density at radius 3 is 2.74 bits per heavy atom. The Labute approximate surface area is 108 Å². The zero-order chi connectivity index (χ0) is 13.5. The zero-order valence-corrected chi connectivity index (χ0v) is 10.1. The average Bonchev–Trinajstić information content (AvgIpc) is 2.89. The Hall–Kier alpha value is -1.92. The van der Waals surface area contributed by atoms with Gasteiger partial charge in [0.05, 0.1) is 6.42 Å². The van der Waals surface area contributed by atoms with Crippen molar-refractivity contribution in [1.82, 2.24) is 4.90 Å². The summed E-state index contributed by atoms with van der Waals surface area (Å²) in [5, 5.41) is 0. The van der Waals surface area contributed by atoms with Crippen LogP contribution in [0.25, 0.3) is 0 Å². The molecule has 0 unspecified atom stereocenters. The van der Waals surface area contributed by atoms with Gasteiger partial charge in [0.2, 0.25) is 5.91 Å². The number of nitrogens with zero attached hydrogens (tertiary/aromatic N) is 4. The number of alkyl halides is 2. The van der Waals surface area contributed by atoms with E-state index in [0.717, 1.165) is 0 Å².